The number of nitrogens with two attached hydrogens (primary N) is 1. The molecule has 1 aliphatic rings. The van der Waals surface area contributed by atoms with E-state index in [0.29, 0.717) is 13.0 Å². The van der Waals surface area contributed by atoms with Crippen molar-refractivity contribution in [2.24, 2.45) is 5.73 Å². The van der Waals surface area contributed by atoms with Crippen LogP contribution < -0.4 is 11.1 Å². The zero-order chi connectivity index (χ0) is 12.3. The Morgan fingerprint density at radius 1 is 1.62 bits per heavy atom. The summed E-state index contributed by atoms with van der Waals surface area (Å²) in [5.74, 6) is 0. The Hall–Kier alpha value is -1.07. The Morgan fingerprint density at radius 2 is 2.25 bits per heavy atom. The van der Waals surface area contributed by atoms with Gasteiger partial charge in [-0.3, -0.25) is 0 Å². The van der Waals surface area contributed by atoms with Crippen molar-refractivity contribution in [3.63, 3.8) is 0 Å². The van der Waals surface area contributed by atoms with Crippen molar-refractivity contribution in [3.8, 4) is 0 Å². The lowest BCUT2D eigenvalue weighted by Gasteiger charge is -2.31. The SMILES string of the molecule is C=C1CO[C@H](N)[C@@H](NC(=O)OC(C)(C)C)C1. The number of nitrogens with one attached hydrogen (secondary N) is 1. The molecule has 0 aliphatic carbocycles. The molecule has 5 nitrogen and oxygen atoms in total. The molecular formula is C11H20N2O3. The molecule has 2 atom stereocenters. The van der Waals surface area contributed by atoms with E-state index in [1.807, 2.05) is 20.8 Å². The van der Waals surface area contributed by atoms with Crippen molar-refractivity contribution in [1.29, 1.82) is 0 Å². The van der Waals surface area contributed by atoms with Gasteiger partial charge in [-0.1, -0.05) is 6.58 Å². The molecule has 1 heterocycles. The number of amides is 1. The molecule has 0 aromatic carbocycles. The van der Waals surface area contributed by atoms with Gasteiger partial charge in [0.15, 0.2) is 0 Å². The van der Waals surface area contributed by atoms with Gasteiger partial charge in [0.25, 0.3) is 0 Å². The molecular weight excluding hydrogens is 208 g/mol. The van der Waals surface area contributed by atoms with Gasteiger partial charge >= 0.3 is 6.09 Å². The molecule has 0 bridgehead atoms. The van der Waals surface area contributed by atoms with E-state index in [1.165, 1.54) is 0 Å². The highest BCUT2D eigenvalue weighted by Crippen LogP contribution is 2.15. The molecule has 1 amide bonds. The minimum atomic E-state index is -0.513. The second-order valence-corrected chi connectivity index (χ2v) is 4.98. The lowest BCUT2D eigenvalue weighted by atomic mass is 10.0. The van der Waals surface area contributed by atoms with Crippen molar-refractivity contribution in [1.82, 2.24) is 5.32 Å². The molecule has 0 aromatic heterocycles. The van der Waals surface area contributed by atoms with Crippen LogP contribution in [0.15, 0.2) is 12.2 Å². The molecule has 1 fully saturated rings. The minimum Gasteiger partial charge on any atom is -0.444 e. The van der Waals surface area contributed by atoms with Crippen molar-refractivity contribution < 1.29 is 14.3 Å². The van der Waals surface area contributed by atoms with Gasteiger partial charge in [0, 0.05) is 0 Å². The number of hydrogen-bond acceptors (Lipinski definition) is 4. The van der Waals surface area contributed by atoms with Gasteiger partial charge in [-0.25, -0.2) is 4.79 Å². The van der Waals surface area contributed by atoms with Gasteiger partial charge in [-0.2, -0.15) is 0 Å². The van der Waals surface area contributed by atoms with Crippen LogP contribution in [0, 0.1) is 0 Å². The molecule has 0 spiro atoms. The van der Waals surface area contributed by atoms with Crippen LogP contribution >= 0.6 is 0 Å². The van der Waals surface area contributed by atoms with Gasteiger partial charge in [0.1, 0.15) is 11.8 Å². The van der Waals surface area contributed by atoms with E-state index in [0.717, 1.165) is 5.57 Å². The lowest BCUT2D eigenvalue weighted by Crippen LogP contribution is -2.52. The summed E-state index contributed by atoms with van der Waals surface area (Å²) in [6, 6.07) is -0.268. The van der Waals surface area contributed by atoms with E-state index in [2.05, 4.69) is 11.9 Å². The monoisotopic (exact) mass is 228 g/mol. The predicted molar refractivity (Wildman–Crippen MR) is 60.8 cm³/mol. The molecule has 0 saturated carbocycles. The fraction of sp³-hybridized carbons (Fsp3) is 0.727. The number of hydrogen-bond donors (Lipinski definition) is 2. The molecule has 0 aromatic rings. The summed E-state index contributed by atoms with van der Waals surface area (Å²) in [6.45, 7) is 9.69. The zero-order valence-corrected chi connectivity index (χ0v) is 10.1. The Morgan fingerprint density at radius 3 is 2.81 bits per heavy atom. The third-order valence-electron chi connectivity index (χ3n) is 2.09. The maximum absolute atomic E-state index is 11.5. The number of rotatable bonds is 1. The topological polar surface area (TPSA) is 73.6 Å². The number of alkyl carbamates (subject to hydrolysis) is 1. The number of carbonyl (C=O) groups is 1. The van der Waals surface area contributed by atoms with Crippen molar-refractivity contribution in [2.45, 2.75) is 45.1 Å². The van der Waals surface area contributed by atoms with Crippen LogP contribution in [0.3, 0.4) is 0 Å². The largest absolute Gasteiger partial charge is 0.444 e. The maximum Gasteiger partial charge on any atom is 0.408 e. The van der Waals surface area contributed by atoms with E-state index < -0.39 is 17.9 Å². The summed E-state index contributed by atoms with van der Waals surface area (Å²) < 4.78 is 10.4. The van der Waals surface area contributed by atoms with Crippen molar-refractivity contribution >= 4 is 6.09 Å². The quantitative estimate of drug-likeness (QED) is 0.660. The molecule has 1 aliphatic heterocycles. The predicted octanol–water partition coefficient (Wildman–Crippen LogP) is 1.14. The molecule has 5 heteroatoms. The Balaban J connectivity index is 2.46. The fourth-order valence-corrected chi connectivity index (χ4v) is 1.41. The first-order valence-electron chi connectivity index (χ1n) is 5.31. The summed E-state index contributed by atoms with van der Waals surface area (Å²) in [5.41, 5.74) is 6.13. The van der Waals surface area contributed by atoms with Gasteiger partial charge in [0.2, 0.25) is 0 Å². The van der Waals surface area contributed by atoms with E-state index in [9.17, 15) is 4.79 Å². The molecule has 0 unspecified atom stereocenters. The summed E-state index contributed by atoms with van der Waals surface area (Å²) in [4.78, 5) is 11.5. The highest BCUT2D eigenvalue weighted by molar-refractivity contribution is 5.68. The first-order valence-corrected chi connectivity index (χ1v) is 5.31. The average Bonchev–Trinajstić information content (AvgIpc) is 2.08. The first-order chi connectivity index (χ1) is 7.28. The zero-order valence-electron chi connectivity index (χ0n) is 10.1. The van der Waals surface area contributed by atoms with Crippen LogP contribution in [0.5, 0.6) is 0 Å². The van der Waals surface area contributed by atoms with Crippen LogP contribution in [-0.2, 0) is 9.47 Å². The van der Waals surface area contributed by atoms with Crippen LogP contribution in [0.1, 0.15) is 27.2 Å². The van der Waals surface area contributed by atoms with Crippen molar-refractivity contribution in [3.05, 3.63) is 12.2 Å². The second kappa shape index (κ2) is 4.84. The first kappa shape index (κ1) is 13.0. The summed E-state index contributed by atoms with van der Waals surface area (Å²) in [6.07, 6.45) is -0.357. The standard InChI is InChI=1S/C11H20N2O3/c1-7-5-8(9(12)15-6-7)13-10(14)16-11(2,3)4/h8-9H,1,5-6,12H2,2-4H3,(H,13,14)/t8-,9-/m0/s1. The summed E-state index contributed by atoms with van der Waals surface area (Å²) in [7, 11) is 0. The van der Waals surface area contributed by atoms with Gasteiger partial charge in [-0.05, 0) is 32.8 Å². The van der Waals surface area contributed by atoms with E-state index in [1.54, 1.807) is 0 Å². The lowest BCUT2D eigenvalue weighted by molar-refractivity contribution is 0.00944. The maximum atomic E-state index is 11.5. The minimum absolute atomic E-state index is 0.268. The van der Waals surface area contributed by atoms with Gasteiger partial charge < -0.3 is 20.5 Å². The Bertz CT molecular complexity index is 283. The summed E-state index contributed by atoms with van der Waals surface area (Å²) >= 11 is 0. The normalized spacial score (nSPS) is 26.4. The van der Waals surface area contributed by atoms with Crippen LogP contribution in [0.25, 0.3) is 0 Å². The fourth-order valence-electron chi connectivity index (χ4n) is 1.41. The van der Waals surface area contributed by atoms with E-state index in [-0.39, 0.29) is 6.04 Å². The highest BCUT2D eigenvalue weighted by Gasteiger charge is 2.27. The molecule has 1 rings (SSSR count). The Kier molecular flexibility index (Phi) is 3.93. The highest BCUT2D eigenvalue weighted by atomic mass is 16.6. The molecule has 1 saturated heterocycles. The number of ether oxygens (including phenoxy) is 2. The summed E-state index contributed by atoms with van der Waals surface area (Å²) in [5, 5.41) is 2.68. The van der Waals surface area contributed by atoms with Crippen LogP contribution in [0.2, 0.25) is 0 Å². The molecule has 92 valence electrons. The van der Waals surface area contributed by atoms with Gasteiger partial charge in [0.05, 0.1) is 12.6 Å². The van der Waals surface area contributed by atoms with E-state index >= 15 is 0 Å². The third-order valence-corrected chi connectivity index (χ3v) is 2.09. The second-order valence-electron chi connectivity index (χ2n) is 4.98. The van der Waals surface area contributed by atoms with E-state index in [4.69, 9.17) is 15.2 Å². The molecule has 0 radical (unpaired) electrons. The Labute approximate surface area is 96.0 Å². The molecule has 16 heavy (non-hydrogen) atoms. The number of carbonyl (C=O) groups excluding carboxylic acids is 1. The third kappa shape index (κ3) is 4.20. The average molecular weight is 228 g/mol. The van der Waals surface area contributed by atoms with Crippen LogP contribution in [0.4, 0.5) is 4.79 Å². The smallest absolute Gasteiger partial charge is 0.408 e. The van der Waals surface area contributed by atoms with Crippen molar-refractivity contribution in [2.75, 3.05) is 6.61 Å². The van der Waals surface area contributed by atoms with Crippen LogP contribution in [-0.4, -0.2) is 30.6 Å². The molecule has 3 N–H and O–H groups in total. The van der Waals surface area contributed by atoms with Gasteiger partial charge in [-0.15, -0.1) is 0 Å².